The lowest BCUT2D eigenvalue weighted by Crippen LogP contribution is -2.12. The number of nitrogens with zero attached hydrogens (tertiary/aromatic N) is 2. The van der Waals surface area contributed by atoms with Gasteiger partial charge in [0.2, 0.25) is 0 Å². The van der Waals surface area contributed by atoms with E-state index in [0.717, 1.165) is 27.8 Å². The summed E-state index contributed by atoms with van der Waals surface area (Å²) in [6.45, 7) is 4.38. The Morgan fingerprint density at radius 3 is 2.60 bits per heavy atom. The number of amides is 1. The molecule has 0 saturated heterocycles. The Hall–Kier alpha value is -4.39. The molecule has 5 rings (SSSR count). The Morgan fingerprint density at radius 2 is 1.77 bits per heavy atom. The zero-order valence-electron chi connectivity index (χ0n) is 19.4. The molecule has 3 aromatic carbocycles. The minimum Gasteiger partial charge on any atom is -0.485 e. The lowest BCUT2D eigenvalue weighted by atomic mass is 10.1. The van der Waals surface area contributed by atoms with Crippen molar-refractivity contribution in [3.63, 3.8) is 0 Å². The standard InChI is InChI=1S/C28H24FN3O3/c1-18-27(19(2)32(31-18)16-20-10-12-22(29)13-11-20)30-28(33)26-15-14-23(35-26)17-34-25-9-5-7-21-6-3-4-8-24(21)25/h3-15H,16-17H2,1-2H3,(H,30,33). The number of halogens is 1. The average Bonchev–Trinajstić information content (AvgIpc) is 3.44. The van der Waals surface area contributed by atoms with E-state index in [1.54, 1.807) is 28.9 Å². The van der Waals surface area contributed by atoms with Crippen molar-refractivity contribution in [2.45, 2.75) is 27.0 Å². The van der Waals surface area contributed by atoms with Crippen LogP contribution in [0.25, 0.3) is 10.8 Å². The first kappa shape index (κ1) is 22.4. The molecule has 0 fully saturated rings. The fourth-order valence-corrected chi connectivity index (χ4v) is 4.02. The van der Waals surface area contributed by atoms with Crippen molar-refractivity contribution in [3.05, 3.63) is 113 Å². The van der Waals surface area contributed by atoms with E-state index in [2.05, 4.69) is 10.4 Å². The van der Waals surface area contributed by atoms with E-state index in [1.807, 2.05) is 56.3 Å². The van der Waals surface area contributed by atoms with E-state index in [-0.39, 0.29) is 24.1 Å². The molecular formula is C28H24FN3O3. The highest BCUT2D eigenvalue weighted by atomic mass is 19.1. The zero-order chi connectivity index (χ0) is 24.4. The minimum absolute atomic E-state index is 0.187. The van der Waals surface area contributed by atoms with Crippen LogP contribution in [-0.4, -0.2) is 15.7 Å². The Bertz CT molecular complexity index is 1500. The number of nitrogens with one attached hydrogen (secondary N) is 1. The highest BCUT2D eigenvalue weighted by Crippen LogP contribution is 2.26. The Labute approximate surface area is 202 Å². The number of ether oxygens (including phenoxy) is 1. The number of fused-ring (bicyclic) bond motifs is 1. The summed E-state index contributed by atoms with van der Waals surface area (Å²) < 4.78 is 26.7. The summed E-state index contributed by atoms with van der Waals surface area (Å²) in [6, 6.07) is 23.5. The third kappa shape index (κ3) is 4.80. The largest absolute Gasteiger partial charge is 0.485 e. The molecular weight excluding hydrogens is 445 g/mol. The number of aromatic nitrogens is 2. The van der Waals surface area contributed by atoms with Gasteiger partial charge in [0.15, 0.2) is 5.76 Å². The van der Waals surface area contributed by atoms with Crippen molar-refractivity contribution in [2.24, 2.45) is 0 Å². The van der Waals surface area contributed by atoms with Gasteiger partial charge in [-0.2, -0.15) is 5.10 Å². The van der Waals surface area contributed by atoms with Gasteiger partial charge in [-0.05, 0) is 55.1 Å². The lowest BCUT2D eigenvalue weighted by molar-refractivity contribution is 0.0992. The molecule has 2 heterocycles. The number of aryl methyl sites for hydroxylation is 1. The molecule has 0 atom stereocenters. The van der Waals surface area contributed by atoms with E-state index in [1.165, 1.54) is 12.1 Å². The second-order valence-electron chi connectivity index (χ2n) is 8.32. The second-order valence-corrected chi connectivity index (χ2v) is 8.32. The summed E-state index contributed by atoms with van der Waals surface area (Å²) in [4.78, 5) is 12.9. The number of carbonyl (C=O) groups is 1. The molecule has 35 heavy (non-hydrogen) atoms. The maximum absolute atomic E-state index is 13.2. The minimum atomic E-state index is -0.367. The SMILES string of the molecule is Cc1nn(Cc2ccc(F)cc2)c(C)c1NC(=O)c1ccc(COc2cccc3ccccc23)o1. The fraction of sp³-hybridized carbons (Fsp3) is 0.143. The molecule has 7 heteroatoms. The van der Waals surface area contributed by atoms with Crippen LogP contribution in [0, 0.1) is 19.7 Å². The van der Waals surface area contributed by atoms with Crippen molar-refractivity contribution in [1.82, 2.24) is 9.78 Å². The average molecular weight is 470 g/mol. The van der Waals surface area contributed by atoms with Gasteiger partial charge in [0.05, 0.1) is 23.6 Å². The van der Waals surface area contributed by atoms with Crippen LogP contribution in [0.4, 0.5) is 10.1 Å². The van der Waals surface area contributed by atoms with Crippen molar-refractivity contribution < 1.29 is 18.3 Å². The molecule has 0 unspecified atom stereocenters. The summed E-state index contributed by atoms with van der Waals surface area (Å²) in [7, 11) is 0. The first-order chi connectivity index (χ1) is 17.0. The number of carbonyl (C=O) groups excluding carboxylic acids is 1. The van der Waals surface area contributed by atoms with Crippen LogP contribution in [0.1, 0.15) is 33.3 Å². The number of anilines is 1. The number of hydrogen-bond donors (Lipinski definition) is 1. The molecule has 2 aromatic heterocycles. The molecule has 0 saturated carbocycles. The van der Waals surface area contributed by atoms with Crippen LogP contribution in [0.3, 0.4) is 0 Å². The summed E-state index contributed by atoms with van der Waals surface area (Å²) >= 11 is 0. The van der Waals surface area contributed by atoms with Gasteiger partial charge in [-0.3, -0.25) is 9.48 Å². The van der Waals surface area contributed by atoms with E-state index in [0.29, 0.717) is 23.7 Å². The Balaban J connectivity index is 1.26. The van der Waals surface area contributed by atoms with Gasteiger partial charge in [0.25, 0.3) is 5.91 Å². The van der Waals surface area contributed by atoms with Gasteiger partial charge < -0.3 is 14.5 Å². The molecule has 1 N–H and O–H groups in total. The van der Waals surface area contributed by atoms with Crippen LogP contribution in [-0.2, 0) is 13.2 Å². The number of hydrogen-bond acceptors (Lipinski definition) is 4. The highest BCUT2D eigenvalue weighted by Gasteiger charge is 2.18. The Kier molecular flexibility index (Phi) is 6.06. The lowest BCUT2D eigenvalue weighted by Gasteiger charge is -2.08. The number of rotatable bonds is 7. The van der Waals surface area contributed by atoms with Crippen molar-refractivity contribution in [2.75, 3.05) is 5.32 Å². The first-order valence-electron chi connectivity index (χ1n) is 11.3. The molecule has 0 aliphatic heterocycles. The Morgan fingerprint density at radius 1 is 1.00 bits per heavy atom. The van der Waals surface area contributed by atoms with Gasteiger partial charge in [0, 0.05) is 5.39 Å². The quantitative estimate of drug-likeness (QED) is 0.305. The molecule has 0 bridgehead atoms. The van der Waals surface area contributed by atoms with E-state index in [9.17, 15) is 9.18 Å². The van der Waals surface area contributed by atoms with Crippen LogP contribution in [0.15, 0.2) is 83.3 Å². The van der Waals surface area contributed by atoms with Gasteiger partial charge in [-0.15, -0.1) is 0 Å². The molecule has 0 radical (unpaired) electrons. The smallest absolute Gasteiger partial charge is 0.291 e. The summed E-state index contributed by atoms with van der Waals surface area (Å²) in [5.74, 6) is 0.838. The topological polar surface area (TPSA) is 69.3 Å². The summed E-state index contributed by atoms with van der Waals surface area (Å²) in [5, 5.41) is 9.54. The zero-order valence-corrected chi connectivity index (χ0v) is 19.4. The second kappa shape index (κ2) is 9.46. The van der Waals surface area contributed by atoms with E-state index < -0.39 is 0 Å². The maximum atomic E-state index is 13.2. The summed E-state index contributed by atoms with van der Waals surface area (Å²) in [5.41, 5.74) is 3.02. The normalized spacial score (nSPS) is 11.1. The molecule has 0 aliphatic rings. The van der Waals surface area contributed by atoms with E-state index >= 15 is 0 Å². The van der Waals surface area contributed by atoms with Crippen LogP contribution in [0.2, 0.25) is 0 Å². The predicted octanol–water partition coefficient (Wildman–Crippen LogP) is 6.26. The van der Waals surface area contributed by atoms with Crippen LogP contribution in [0.5, 0.6) is 5.75 Å². The number of benzene rings is 3. The molecule has 176 valence electrons. The van der Waals surface area contributed by atoms with Gasteiger partial charge in [0.1, 0.15) is 23.9 Å². The van der Waals surface area contributed by atoms with Crippen molar-refractivity contribution in [3.8, 4) is 5.75 Å². The summed E-state index contributed by atoms with van der Waals surface area (Å²) in [6.07, 6.45) is 0. The maximum Gasteiger partial charge on any atom is 0.291 e. The monoisotopic (exact) mass is 469 g/mol. The molecule has 6 nitrogen and oxygen atoms in total. The van der Waals surface area contributed by atoms with Gasteiger partial charge >= 0.3 is 0 Å². The third-order valence-electron chi connectivity index (χ3n) is 5.87. The van der Waals surface area contributed by atoms with Crippen molar-refractivity contribution in [1.29, 1.82) is 0 Å². The molecule has 0 spiro atoms. The molecule has 0 aliphatic carbocycles. The first-order valence-corrected chi connectivity index (χ1v) is 11.3. The predicted molar refractivity (Wildman–Crippen MR) is 132 cm³/mol. The fourth-order valence-electron chi connectivity index (χ4n) is 4.02. The third-order valence-corrected chi connectivity index (χ3v) is 5.87. The van der Waals surface area contributed by atoms with Crippen molar-refractivity contribution >= 4 is 22.4 Å². The molecule has 5 aromatic rings. The van der Waals surface area contributed by atoms with Crippen LogP contribution >= 0.6 is 0 Å². The van der Waals surface area contributed by atoms with Gasteiger partial charge in [-0.25, -0.2) is 4.39 Å². The van der Waals surface area contributed by atoms with Gasteiger partial charge in [-0.1, -0.05) is 48.5 Å². The highest BCUT2D eigenvalue weighted by molar-refractivity contribution is 6.03. The van der Waals surface area contributed by atoms with Crippen LogP contribution < -0.4 is 10.1 Å². The van der Waals surface area contributed by atoms with E-state index in [4.69, 9.17) is 9.15 Å². The number of furan rings is 1. The molecule has 1 amide bonds.